The van der Waals surface area contributed by atoms with Crippen LogP contribution in [0.4, 0.5) is 10.6 Å². The van der Waals surface area contributed by atoms with Crippen LogP contribution in [0.5, 0.6) is 0 Å². The molecule has 2 heterocycles. The number of hydrogen-bond donors (Lipinski definition) is 2. The summed E-state index contributed by atoms with van der Waals surface area (Å²) in [4.78, 5) is 28.7. The first-order valence-electron chi connectivity index (χ1n) is 11.7. The van der Waals surface area contributed by atoms with Gasteiger partial charge < -0.3 is 9.84 Å². The van der Waals surface area contributed by atoms with Gasteiger partial charge in [-0.25, -0.2) is 4.79 Å². The molecule has 1 amide bonds. The molecule has 0 saturated heterocycles. The maximum Gasteiger partial charge on any atom is 0.413 e. The number of aromatic nitrogens is 3. The van der Waals surface area contributed by atoms with E-state index in [1.54, 1.807) is 24.1 Å². The van der Waals surface area contributed by atoms with Gasteiger partial charge in [0.15, 0.2) is 0 Å². The highest BCUT2D eigenvalue weighted by molar-refractivity contribution is 5.90. The van der Waals surface area contributed by atoms with Gasteiger partial charge >= 0.3 is 12.1 Å². The summed E-state index contributed by atoms with van der Waals surface area (Å²) in [5.41, 5.74) is 4.18. The second-order valence-electron chi connectivity index (χ2n) is 9.01. The molecule has 8 nitrogen and oxygen atoms in total. The number of rotatable bonds is 7. The number of benzene rings is 2. The van der Waals surface area contributed by atoms with Crippen molar-refractivity contribution in [1.29, 1.82) is 0 Å². The first kappa shape index (κ1) is 23.3. The first-order valence-corrected chi connectivity index (χ1v) is 11.7. The molecule has 2 N–H and O–H groups in total. The van der Waals surface area contributed by atoms with Crippen LogP contribution in [-0.2, 0) is 22.0 Å². The van der Waals surface area contributed by atoms with E-state index in [4.69, 9.17) is 4.74 Å². The van der Waals surface area contributed by atoms with Crippen LogP contribution in [0, 0.1) is 0 Å². The number of pyridine rings is 1. The third-order valence-corrected chi connectivity index (χ3v) is 6.68. The van der Waals surface area contributed by atoms with Crippen molar-refractivity contribution >= 4 is 17.9 Å². The number of carbonyl (C=O) groups is 2. The minimum absolute atomic E-state index is 0.397. The summed E-state index contributed by atoms with van der Waals surface area (Å²) >= 11 is 0. The van der Waals surface area contributed by atoms with Crippen LogP contribution in [0.15, 0.2) is 79.1 Å². The molecule has 0 bridgehead atoms. The van der Waals surface area contributed by atoms with Crippen molar-refractivity contribution in [3.63, 3.8) is 0 Å². The van der Waals surface area contributed by atoms with Gasteiger partial charge in [-0.2, -0.15) is 5.10 Å². The van der Waals surface area contributed by atoms with Crippen LogP contribution in [0.1, 0.15) is 37.0 Å². The number of nitrogens with zero attached hydrogens (tertiary/aromatic N) is 3. The van der Waals surface area contributed by atoms with Gasteiger partial charge in [-0.3, -0.25) is 19.8 Å². The van der Waals surface area contributed by atoms with Crippen molar-refractivity contribution in [1.82, 2.24) is 14.8 Å². The Morgan fingerprint density at radius 3 is 2.31 bits per heavy atom. The van der Waals surface area contributed by atoms with Gasteiger partial charge in [0.2, 0.25) is 0 Å². The van der Waals surface area contributed by atoms with Crippen molar-refractivity contribution < 1.29 is 19.4 Å². The first-order chi connectivity index (χ1) is 17.4. The van der Waals surface area contributed by atoms with Crippen LogP contribution in [0.3, 0.4) is 0 Å². The average molecular weight is 483 g/mol. The van der Waals surface area contributed by atoms with E-state index in [1.807, 2.05) is 73.7 Å². The molecule has 1 saturated carbocycles. The van der Waals surface area contributed by atoms with Crippen LogP contribution in [-0.4, -0.2) is 31.9 Å². The van der Waals surface area contributed by atoms with E-state index < -0.39 is 23.6 Å². The molecule has 4 aromatic rings. The van der Waals surface area contributed by atoms with Crippen molar-refractivity contribution in [2.75, 3.05) is 5.32 Å². The van der Waals surface area contributed by atoms with E-state index in [0.717, 1.165) is 33.5 Å². The Hall–Kier alpha value is -4.46. The molecular weight excluding hydrogens is 456 g/mol. The zero-order chi connectivity index (χ0) is 25.3. The Labute approximate surface area is 208 Å². The fraction of sp³-hybridized carbons (Fsp3) is 0.214. The molecule has 0 radical (unpaired) electrons. The predicted molar refractivity (Wildman–Crippen MR) is 135 cm³/mol. The standard InChI is InChI=1S/C28H26N4O4/c1-18(19-6-4-3-5-7-19)36-27(35)31-25-23(17-30-32(25)2)20-8-10-21(11-9-20)24-13-12-22(16-29-24)28(14-15-28)26(33)34/h3-13,16-18H,14-15H2,1-2H3,(H,31,35)(H,33,34). The van der Waals surface area contributed by atoms with E-state index in [1.165, 1.54) is 0 Å². The monoisotopic (exact) mass is 482 g/mol. The predicted octanol–water partition coefficient (Wildman–Crippen LogP) is 5.58. The molecule has 0 spiro atoms. The van der Waals surface area contributed by atoms with Crippen LogP contribution in [0.2, 0.25) is 0 Å². The summed E-state index contributed by atoms with van der Waals surface area (Å²) in [5, 5.41) is 16.6. The smallest absolute Gasteiger partial charge is 0.413 e. The lowest BCUT2D eigenvalue weighted by Crippen LogP contribution is -2.19. The van der Waals surface area contributed by atoms with Crippen LogP contribution < -0.4 is 5.32 Å². The Bertz CT molecular complexity index is 1390. The van der Waals surface area contributed by atoms with E-state index in [0.29, 0.717) is 18.7 Å². The maximum absolute atomic E-state index is 12.6. The minimum atomic E-state index is -0.791. The topological polar surface area (TPSA) is 106 Å². The molecule has 36 heavy (non-hydrogen) atoms. The van der Waals surface area contributed by atoms with Crippen molar-refractivity contribution in [3.8, 4) is 22.4 Å². The maximum atomic E-state index is 12.6. The van der Waals surface area contributed by atoms with E-state index in [9.17, 15) is 14.7 Å². The Morgan fingerprint density at radius 2 is 1.69 bits per heavy atom. The molecule has 0 aliphatic heterocycles. The van der Waals surface area contributed by atoms with Gasteiger partial charge in [0, 0.05) is 24.4 Å². The van der Waals surface area contributed by atoms with Crippen LogP contribution in [0.25, 0.3) is 22.4 Å². The molecule has 1 unspecified atom stereocenters. The fourth-order valence-electron chi connectivity index (χ4n) is 4.30. The van der Waals surface area contributed by atoms with E-state index in [2.05, 4.69) is 15.4 Å². The molecule has 1 atom stereocenters. The average Bonchev–Trinajstić information content (AvgIpc) is 3.64. The van der Waals surface area contributed by atoms with E-state index in [-0.39, 0.29) is 0 Å². The SMILES string of the molecule is CC(OC(=O)Nc1c(-c2ccc(-c3ccc(C4(C(=O)O)CC4)cn3)cc2)cnn1C)c1ccccc1. The minimum Gasteiger partial charge on any atom is -0.481 e. The van der Waals surface area contributed by atoms with Gasteiger partial charge in [-0.05, 0) is 42.5 Å². The number of anilines is 1. The quantitative estimate of drug-likeness (QED) is 0.356. The highest BCUT2D eigenvalue weighted by Crippen LogP contribution is 2.48. The zero-order valence-corrected chi connectivity index (χ0v) is 20.0. The molecular formula is C28H26N4O4. The second-order valence-corrected chi connectivity index (χ2v) is 9.01. The normalized spacial score (nSPS) is 14.6. The molecule has 2 aromatic heterocycles. The Morgan fingerprint density at radius 1 is 1.00 bits per heavy atom. The molecule has 1 aliphatic carbocycles. The summed E-state index contributed by atoms with van der Waals surface area (Å²) < 4.78 is 7.14. The Balaban J connectivity index is 1.30. The number of carbonyl (C=O) groups excluding carboxylic acids is 1. The molecule has 1 fully saturated rings. The highest BCUT2D eigenvalue weighted by atomic mass is 16.6. The van der Waals surface area contributed by atoms with Gasteiger partial charge in [-0.15, -0.1) is 0 Å². The largest absolute Gasteiger partial charge is 0.481 e. The number of aryl methyl sites for hydroxylation is 1. The number of carboxylic acid groups (broad SMARTS) is 1. The fourth-order valence-corrected chi connectivity index (χ4v) is 4.30. The van der Waals surface area contributed by atoms with Gasteiger partial charge in [0.1, 0.15) is 11.9 Å². The van der Waals surface area contributed by atoms with Crippen LogP contribution >= 0.6 is 0 Å². The summed E-state index contributed by atoms with van der Waals surface area (Å²) in [5.74, 6) is -0.264. The number of amides is 1. The van der Waals surface area contributed by atoms with Crippen molar-refractivity contribution in [2.24, 2.45) is 7.05 Å². The molecule has 2 aromatic carbocycles. The molecule has 8 heteroatoms. The third-order valence-electron chi connectivity index (χ3n) is 6.68. The highest BCUT2D eigenvalue weighted by Gasteiger charge is 2.51. The summed E-state index contributed by atoms with van der Waals surface area (Å²) in [6, 6.07) is 21.0. The lowest BCUT2D eigenvalue weighted by molar-refractivity contribution is -0.140. The number of hydrogen-bond acceptors (Lipinski definition) is 5. The number of aliphatic carboxylic acids is 1. The Kier molecular flexibility index (Phi) is 6.01. The van der Waals surface area contributed by atoms with Crippen molar-refractivity contribution in [2.45, 2.75) is 31.3 Å². The third kappa shape index (κ3) is 4.45. The second kappa shape index (κ2) is 9.30. The van der Waals surface area contributed by atoms with Gasteiger partial charge in [0.25, 0.3) is 0 Å². The summed E-state index contributed by atoms with van der Waals surface area (Å²) in [6.45, 7) is 1.82. The number of nitrogens with one attached hydrogen (secondary N) is 1. The zero-order valence-electron chi connectivity index (χ0n) is 20.0. The molecule has 5 rings (SSSR count). The van der Waals surface area contributed by atoms with Crippen molar-refractivity contribution in [3.05, 3.63) is 90.3 Å². The number of carboxylic acids is 1. The molecule has 182 valence electrons. The van der Waals surface area contributed by atoms with Gasteiger partial charge in [0.05, 0.1) is 17.3 Å². The summed E-state index contributed by atoms with van der Waals surface area (Å²) in [6.07, 6.45) is 3.70. The lowest BCUT2D eigenvalue weighted by Gasteiger charge is -2.15. The lowest BCUT2D eigenvalue weighted by atomic mass is 9.97. The molecule has 1 aliphatic rings. The van der Waals surface area contributed by atoms with E-state index >= 15 is 0 Å². The van der Waals surface area contributed by atoms with Gasteiger partial charge in [-0.1, -0.05) is 60.7 Å². The summed E-state index contributed by atoms with van der Waals surface area (Å²) in [7, 11) is 1.75. The number of ether oxygens (including phenoxy) is 1.